The molecule has 0 aliphatic heterocycles. The van der Waals surface area contributed by atoms with Crippen LogP contribution in [0.3, 0.4) is 0 Å². The van der Waals surface area contributed by atoms with Gasteiger partial charge in [-0.25, -0.2) is 0 Å². The van der Waals surface area contributed by atoms with E-state index in [9.17, 15) is 0 Å². The molecular weight excluding hydrogens is 545 g/mol. The van der Waals surface area contributed by atoms with Crippen LogP contribution in [0, 0.1) is 0 Å². The van der Waals surface area contributed by atoms with E-state index in [4.69, 9.17) is 0 Å². The van der Waals surface area contributed by atoms with Crippen molar-refractivity contribution < 1.29 is 182 Å². The second kappa shape index (κ2) is 65.8. The SMILES string of the molecule is O.O.[Br-].[Br-].[Br-].[Br-].[In].[K+].[K+]. The Morgan fingerprint density at radius 3 is 0.444 bits per heavy atom. The van der Waals surface area contributed by atoms with Gasteiger partial charge in [0.25, 0.3) is 0 Å². The molecule has 0 aromatic rings. The Bertz CT molecular complexity index is 16.5. The van der Waals surface area contributed by atoms with Crippen molar-refractivity contribution in [3.63, 3.8) is 0 Å². The molecule has 0 aromatic carbocycles. The number of hydrogen-bond acceptors (Lipinski definition) is 0. The quantitative estimate of drug-likeness (QED) is 0.270. The van der Waals surface area contributed by atoms with Gasteiger partial charge in [-0.1, -0.05) is 0 Å². The van der Waals surface area contributed by atoms with Crippen LogP contribution in [-0.2, 0) is 0 Å². The first-order valence-electron chi connectivity index (χ1n) is 0. The van der Waals surface area contributed by atoms with Crippen LogP contribution in [0.25, 0.3) is 0 Å². The molecule has 0 bridgehead atoms. The molecule has 51 valence electrons. The third-order valence-electron chi connectivity index (χ3n) is 0. The van der Waals surface area contributed by atoms with Crippen LogP contribution in [0.1, 0.15) is 0 Å². The second-order valence-electron chi connectivity index (χ2n) is 0. The molecule has 0 atom stereocenters. The molecule has 0 fully saturated rings. The fourth-order valence-corrected chi connectivity index (χ4v) is 0. The molecule has 0 aliphatic rings. The van der Waals surface area contributed by atoms with Gasteiger partial charge in [0.15, 0.2) is 0 Å². The average molecular weight is 549 g/mol. The van der Waals surface area contributed by atoms with Crippen molar-refractivity contribution in [2.75, 3.05) is 0 Å². The molecule has 0 saturated heterocycles. The zero-order valence-corrected chi connectivity index (χ0v) is 21.0. The van der Waals surface area contributed by atoms with Crippen LogP contribution >= 0.6 is 0 Å². The molecule has 0 unspecified atom stereocenters. The molecule has 9 heavy (non-hydrogen) atoms. The summed E-state index contributed by atoms with van der Waals surface area (Å²) in [6.45, 7) is 0. The molecule has 0 aromatic heterocycles. The number of halogens is 4. The van der Waals surface area contributed by atoms with Crippen LogP contribution in [0.2, 0.25) is 0 Å². The maximum absolute atomic E-state index is 0. The van der Waals surface area contributed by atoms with Crippen molar-refractivity contribution in [2.45, 2.75) is 0 Å². The summed E-state index contributed by atoms with van der Waals surface area (Å²) < 4.78 is 0. The predicted octanol–water partition coefficient (Wildman–Crippen LogP) is -20.0. The Hall–Kier alpha value is 5.98. The molecular formula is H4Br4InK2O2-2. The Morgan fingerprint density at radius 2 is 0.444 bits per heavy atom. The van der Waals surface area contributed by atoms with Crippen LogP contribution in [0.15, 0.2) is 0 Å². The average Bonchev–Trinajstić information content (AvgIpc) is 0. The summed E-state index contributed by atoms with van der Waals surface area (Å²) in [4.78, 5) is 0. The monoisotopic (exact) mass is 545 g/mol. The molecule has 0 aliphatic carbocycles. The predicted molar refractivity (Wildman–Crippen MR) is 13.0 cm³/mol. The van der Waals surface area contributed by atoms with Crippen molar-refractivity contribution >= 4 is 25.8 Å². The molecule has 9 heteroatoms. The summed E-state index contributed by atoms with van der Waals surface area (Å²) >= 11 is 0. The molecule has 0 heterocycles. The summed E-state index contributed by atoms with van der Waals surface area (Å²) in [7, 11) is 0. The Kier molecular flexibility index (Phi) is 599. The van der Waals surface area contributed by atoms with Gasteiger partial charge in [-0.05, 0) is 0 Å². The molecule has 4 N–H and O–H groups in total. The first kappa shape index (κ1) is 81.8. The first-order valence-corrected chi connectivity index (χ1v) is 0. The molecule has 3 radical (unpaired) electrons. The van der Waals surface area contributed by atoms with E-state index in [1.807, 2.05) is 0 Å². The van der Waals surface area contributed by atoms with Crippen molar-refractivity contribution in [1.82, 2.24) is 0 Å². The maximum Gasteiger partial charge on any atom is 1.00 e. The molecule has 0 amide bonds. The van der Waals surface area contributed by atoms with Crippen LogP contribution < -0.4 is 171 Å². The van der Waals surface area contributed by atoms with Gasteiger partial charge in [0, 0.05) is 25.8 Å². The molecule has 0 spiro atoms. The van der Waals surface area contributed by atoms with E-state index < -0.39 is 0 Å². The third-order valence-corrected chi connectivity index (χ3v) is 0. The fraction of sp³-hybridized carbons (Fsp3) is 0. The van der Waals surface area contributed by atoms with Gasteiger partial charge in [0.1, 0.15) is 0 Å². The van der Waals surface area contributed by atoms with Crippen molar-refractivity contribution in [3.05, 3.63) is 0 Å². The zero-order chi connectivity index (χ0) is 0. The molecule has 2 nitrogen and oxygen atoms in total. The Morgan fingerprint density at radius 1 is 0.444 bits per heavy atom. The van der Waals surface area contributed by atoms with E-state index in [2.05, 4.69) is 0 Å². The maximum atomic E-state index is 0. The minimum absolute atomic E-state index is 0. The van der Waals surface area contributed by atoms with Crippen molar-refractivity contribution in [1.29, 1.82) is 0 Å². The van der Waals surface area contributed by atoms with Crippen LogP contribution in [-0.4, -0.2) is 36.8 Å². The van der Waals surface area contributed by atoms with E-state index in [1.54, 1.807) is 0 Å². The van der Waals surface area contributed by atoms with E-state index in [-0.39, 0.29) is 207 Å². The third kappa shape index (κ3) is 56.1. The topological polar surface area (TPSA) is 63.0 Å². The number of hydrogen-bond donors (Lipinski definition) is 0. The van der Waals surface area contributed by atoms with Gasteiger partial charge in [-0.15, -0.1) is 0 Å². The minimum Gasteiger partial charge on any atom is -1.00 e. The van der Waals surface area contributed by atoms with Gasteiger partial charge in [0.2, 0.25) is 0 Å². The van der Waals surface area contributed by atoms with Gasteiger partial charge in [-0.3, -0.25) is 0 Å². The van der Waals surface area contributed by atoms with Crippen molar-refractivity contribution in [2.24, 2.45) is 0 Å². The zero-order valence-electron chi connectivity index (χ0n) is 5.09. The van der Waals surface area contributed by atoms with E-state index in [0.29, 0.717) is 0 Å². The molecule has 0 rings (SSSR count). The van der Waals surface area contributed by atoms with E-state index in [0.717, 1.165) is 0 Å². The number of rotatable bonds is 0. The molecule has 0 saturated carbocycles. The smallest absolute Gasteiger partial charge is 1.00 e. The summed E-state index contributed by atoms with van der Waals surface area (Å²) in [5, 5.41) is 0. The summed E-state index contributed by atoms with van der Waals surface area (Å²) in [5.41, 5.74) is 0. The van der Waals surface area contributed by atoms with Gasteiger partial charge in [-0.2, -0.15) is 0 Å². The first-order chi connectivity index (χ1) is 0. The fourth-order valence-electron chi connectivity index (χ4n) is 0. The van der Waals surface area contributed by atoms with Gasteiger partial charge >= 0.3 is 103 Å². The summed E-state index contributed by atoms with van der Waals surface area (Å²) in [6, 6.07) is 0. The minimum atomic E-state index is 0. The van der Waals surface area contributed by atoms with E-state index >= 15 is 0 Å². The summed E-state index contributed by atoms with van der Waals surface area (Å²) in [5.74, 6) is 0. The van der Waals surface area contributed by atoms with Crippen molar-refractivity contribution in [3.8, 4) is 0 Å². The Labute approximate surface area is 201 Å². The van der Waals surface area contributed by atoms with Gasteiger partial charge < -0.3 is 78.9 Å². The second-order valence-corrected chi connectivity index (χ2v) is 0. The standard InChI is InChI=1S/4BrH.In.2K.2H2O/h4*1H;;;;2*1H2/q;;;;;2*+1;;/p-4. The summed E-state index contributed by atoms with van der Waals surface area (Å²) in [6.07, 6.45) is 0. The Balaban J connectivity index is 0. The van der Waals surface area contributed by atoms with Gasteiger partial charge in [0.05, 0.1) is 0 Å². The van der Waals surface area contributed by atoms with E-state index in [1.165, 1.54) is 0 Å². The largest absolute Gasteiger partial charge is 1.00 e. The normalized spacial score (nSPS) is 0. The van der Waals surface area contributed by atoms with Crippen LogP contribution in [0.5, 0.6) is 0 Å². The van der Waals surface area contributed by atoms with Crippen LogP contribution in [0.4, 0.5) is 0 Å².